The Hall–Kier alpha value is -2.72. The molecular weight excluding hydrogens is 386 g/mol. The van der Waals surface area contributed by atoms with Crippen molar-refractivity contribution in [3.63, 3.8) is 0 Å². The molecule has 5 rings (SSSR count). The number of hydrogen-bond donors (Lipinski definition) is 0. The van der Waals surface area contributed by atoms with E-state index in [1.54, 1.807) is 7.11 Å². The Kier molecular flexibility index (Phi) is 5.05. The summed E-state index contributed by atoms with van der Waals surface area (Å²) in [7, 11) is 3.55. The predicted octanol–water partition coefficient (Wildman–Crippen LogP) is 5.24. The van der Waals surface area contributed by atoms with Crippen LogP contribution in [0.3, 0.4) is 0 Å². The fraction of sp³-hybridized carbons (Fsp3) is 0.407. The molecular formula is C27H31NO3. The quantitative estimate of drug-likeness (QED) is 0.681. The van der Waals surface area contributed by atoms with Gasteiger partial charge in [-0.2, -0.15) is 0 Å². The van der Waals surface area contributed by atoms with Crippen LogP contribution in [0.5, 0.6) is 5.75 Å². The lowest BCUT2D eigenvalue weighted by Gasteiger charge is -2.55. The van der Waals surface area contributed by atoms with Crippen molar-refractivity contribution in [2.75, 3.05) is 25.7 Å². The van der Waals surface area contributed by atoms with E-state index in [2.05, 4.69) is 79.4 Å². The van der Waals surface area contributed by atoms with E-state index in [0.29, 0.717) is 12.5 Å². The lowest BCUT2D eigenvalue weighted by Crippen LogP contribution is -2.58. The third-order valence-electron chi connectivity index (χ3n) is 7.32. The topological polar surface area (TPSA) is 30.9 Å². The van der Waals surface area contributed by atoms with E-state index in [4.69, 9.17) is 14.2 Å². The Morgan fingerprint density at radius 3 is 2.65 bits per heavy atom. The summed E-state index contributed by atoms with van der Waals surface area (Å²) in [5.74, 6) is 2.20. The Labute approximate surface area is 185 Å². The molecule has 2 heterocycles. The standard InChI is InChI=1S/C27H31NO3/c1-27(2)20-15-19(29-3)13-14-22(20)28(16-18-9-6-5-7-10-18)26-21(27)17-31-24-12-8-11-23(30-4)25(24)26/h5-10,12-15,21,23,26H,11,16-17H2,1-4H3. The van der Waals surface area contributed by atoms with Crippen molar-refractivity contribution in [1.29, 1.82) is 0 Å². The van der Waals surface area contributed by atoms with E-state index in [9.17, 15) is 0 Å². The van der Waals surface area contributed by atoms with E-state index in [1.807, 2.05) is 7.11 Å². The number of hydrogen-bond acceptors (Lipinski definition) is 4. The number of allylic oxidation sites excluding steroid dienone is 1. The summed E-state index contributed by atoms with van der Waals surface area (Å²) in [6.45, 7) is 6.23. The van der Waals surface area contributed by atoms with Crippen LogP contribution >= 0.6 is 0 Å². The summed E-state index contributed by atoms with van der Waals surface area (Å²) in [6, 6.07) is 17.5. The van der Waals surface area contributed by atoms with Gasteiger partial charge in [-0.1, -0.05) is 50.3 Å². The molecule has 3 atom stereocenters. The predicted molar refractivity (Wildman–Crippen MR) is 123 cm³/mol. The van der Waals surface area contributed by atoms with Crippen LogP contribution in [-0.4, -0.2) is 33.0 Å². The number of benzene rings is 2. The minimum Gasteiger partial charge on any atom is -0.497 e. The highest BCUT2D eigenvalue weighted by atomic mass is 16.5. The molecule has 0 amide bonds. The minimum absolute atomic E-state index is 0.0432. The van der Waals surface area contributed by atoms with Crippen molar-refractivity contribution in [2.45, 2.75) is 44.4 Å². The average Bonchev–Trinajstić information content (AvgIpc) is 2.81. The average molecular weight is 418 g/mol. The molecule has 2 aromatic carbocycles. The van der Waals surface area contributed by atoms with E-state index in [0.717, 1.165) is 24.5 Å². The Morgan fingerprint density at radius 2 is 1.90 bits per heavy atom. The smallest absolute Gasteiger partial charge is 0.122 e. The maximum atomic E-state index is 6.34. The molecule has 0 N–H and O–H groups in total. The largest absolute Gasteiger partial charge is 0.497 e. The van der Waals surface area contributed by atoms with Gasteiger partial charge in [0.25, 0.3) is 0 Å². The molecule has 1 aliphatic carbocycles. The normalized spacial score (nSPS) is 25.9. The lowest BCUT2D eigenvalue weighted by atomic mass is 9.63. The molecule has 2 aliphatic heterocycles. The first-order chi connectivity index (χ1) is 15.0. The maximum Gasteiger partial charge on any atom is 0.122 e. The number of rotatable bonds is 4. The number of ether oxygens (including phenoxy) is 3. The van der Waals surface area contributed by atoms with Gasteiger partial charge in [-0.05, 0) is 41.8 Å². The molecule has 4 nitrogen and oxygen atoms in total. The molecule has 0 spiro atoms. The zero-order chi connectivity index (χ0) is 21.6. The lowest BCUT2D eigenvalue weighted by molar-refractivity contribution is 0.0517. The van der Waals surface area contributed by atoms with E-state index >= 15 is 0 Å². The second kappa shape index (κ2) is 7.76. The molecule has 0 saturated carbocycles. The van der Waals surface area contributed by atoms with Crippen LogP contribution in [0.2, 0.25) is 0 Å². The summed E-state index contributed by atoms with van der Waals surface area (Å²) >= 11 is 0. The van der Waals surface area contributed by atoms with Crippen LogP contribution in [0, 0.1) is 5.92 Å². The molecule has 0 saturated heterocycles. The molecule has 4 heteroatoms. The molecule has 3 unspecified atom stereocenters. The maximum absolute atomic E-state index is 6.34. The summed E-state index contributed by atoms with van der Waals surface area (Å²) in [6.07, 6.45) is 5.23. The third kappa shape index (κ3) is 3.25. The highest BCUT2D eigenvalue weighted by Gasteiger charge is 2.52. The van der Waals surface area contributed by atoms with Gasteiger partial charge >= 0.3 is 0 Å². The SMILES string of the molecule is COc1ccc2c(c1)C(C)(C)C1COC3=C(C(OC)CC=C3)C1N2Cc1ccccc1. The van der Waals surface area contributed by atoms with Crippen molar-refractivity contribution in [3.05, 3.63) is 83.1 Å². The zero-order valence-corrected chi connectivity index (χ0v) is 18.8. The van der Waals surface area contributed by atoms with Gasteiger partial charge in [0.1, 0.15) is 11.5 Å². The van der Waals surface area contributed by atoms with Crippen LogP contribution in [0.15, 0.2) is 72.0 Å². The van der Waals surface area contributed by atoms with E-state index in [-0.39, 0.29) is 17.6 Å². The van der Waals surface area contributed by atoms with Gasteiger partial charge in [0, 0.05) is 36.2 Å². The number of methoxy groups -OCH3 is 2. The molecule has 3 aliphatic rings. The second-order valence-corrected chi connectivity index (χ2v) is 9.26. The molecule has 0 fully saturated rings. The Morgan fingerprint density at radius 1 is 1.10 bits per heavy atom. The molecule has 0 bridgehead atoms. The van der Waals surface area contributed by atoms with Crippen LogP contribution in [0.4, 0.5) is 5.69 Å². The van der Waals surface area contributed by atoms with Crippen molar-refractivity contribution in [1.82, 2.24) is 0 Å². The van der Waals surface area contributed by atoms with Gasteiger partial charge in [0.05, 0.1) is 25.9 Å². The number of anilines is 1. The van der Waals surface area contributed by atoms with Gasteiger partial charge in [-0.25, -0.2) is 0 Å². The first-order valence-electron chi connectivity index (χ1n) is 11.1. The van der Waals surface area contributed by atoms with Crippen molar-refractivity contribution < 1.29 is 14.2 Å². The van der Waals surface area contributed by atoms with Crippen LogP contribution in [0.1, 0.15) is 31.4 Å². The minimum atomic E-state index is -0.0697. The Bertz CT molecular complexity index is 1020. The second-order valence-electron chi connectivity index (χ2n) is 9.26. The summed E-state index contributed by atoms with van der Waals surface area (Å²) < 4.78 is 17.9. The van der Waals surface area contributed by atoms with Crippen molar-refractivity contribution >= 4 is 5.69 Å². The van der Waals surface area contributed by atoms with Gasteiger partial charge in [0.15, 0.2) is 0 Å². The molecule has 2 aromatic rings. The molecule has 0 aromatic heterocycles. The highest BCUT2D eigenvalue weighted by molar-refractivity contribution is 5.65. The number of fused-ring (bicyclic) bond motifs is 3. The van der Waals surface area contributed by atoms with Crippen LogP contribution in [0.25, 0.3) is 0 Å². The fourth-order valence-electron chi connectivity index (χ4n) is 5.57. The number of nitrogens with zero attached hydrogens (tertiary/aromatic N) is 1. The van der Waals surface area contributed by atoms with Gasteiger partial charge in [-0.15, -0.1) is 0 Å². The van der Waals surface area contributed by atoms with E-state index < -0.39 is 0 Å². The summed E-state index contributed by atoms with van der Waals surface area (Å²) in [5, 5.41) is 0. The first kappa shape index (κ1) is 20.2. The molecule has 0 radical (unpaired) electrons. The Balaban J connectivity index is 1.70. The fourth-order valence-corrected chi connectivity index (χ4v) is 5.57. The van der Waals surface area contributed by atoms with Gasteiger partial charge < -0.3 is 19.1 Å². The molecule has 31 heavy (non-hydrogen) atoms. The van der Waals surface area contributed by atoms with Gasteiger partial charge in [-0.3, -0.25) is 0 Å². The van der Waals surface area contributed by atoms with Crippen molar-refractivity contribution in [2.24, 2.45) is 5.92 Å². The van der Waals surface area contributed by atoms with Crippen LogP contribution < -0.4 is 9.64 Å². The summed E-state index contributed by atoms with van der Waals surface area (Å²) in [5.41, 5.74) is 5.11. The van der Waals surface area contributed by atoms with E-state index in [1.165, 1.54) is 22.4 Å². The monoisotopic (exact) mass is 417 g/mol. The summed E-state index contributed by atoms with van der Waals surface area (Å²) in [4.78, 5) is 2.57. The van der Waals surface area contributed by atoms with Crippen molar-refractivity contribution in [3.8, 4) is 5.75 Å². The molecule has 162 valence electrons. The first-order valence-corrected chi connectivity index (χ1v) is 11.1. The zero-order valence-electron chi connectivity index (χ0n) is 18.8. The highest BCUT2D eigenvalue weighted by Crippen LogP contribution is 2.52. The van der Waals surface area contributed by atoms with Gasteiger partial charge in [0.2, 0.25) is 0 Å². The van der Waals surface area contributed by atoms with Crippen LogP contribution in [-0.2, 0) is 21.4 Å². The third-order valence-corrected chi connectivity index (χ3v) is 7.32.